The van der Waals surface area contributed by atoms with Crippen LogP contribution in [0.4, 0.5) is 28.3 Å². The summed E-state index contributed by atoms with van der Waals surface area (Å²) in [4.78, 5) is 27.7. The molecule has 238 valence electrons. The molecule has 3 saturated heterocycles. The van der Waals surface area contributed by atoms with E-state index in [0.717, 1.165) is 36.8 Å². The molecule has 0 spiro atoms. The van der Waals surface area contributed by atoms with E-state index >= 15 is 8.78 Å². The molecule has 0 bridgehead atoms. The summed E-state index contributed by atoms with van der Waals surface area (Å²) in [6, 6.07) is 5.22. The van der Waals surface area contributed by atoms with Crippen molar-refractivity contribution >= 4 is 48.9 Å². The standard InChI is InChI=1S/C32H28F4N6O3S/c1-3-23(43)41-13-21(35)22(14-41)45-30-19-6-5-18(17-7-8-20(34)28-24(17)27(38-2)29(37)46-28)25(36)26(19)39-31(40-30)44-15-32-9-4-10-42(32)12-16(33)11-32/h3,5-8,16,21-22H,1,4,9-15,37H2/t16-,21-,22+,32+/m1/s1. The number of anilines is 1. The number of nitrogen functional groups attached to an aromatic ring is 1. The highest BCUT2D eigenvalue weighted by Gasteiger charge is 2.49. The molecule has 0 unspecified atom stereocenters. The molecule has 3 aliphatic rings. The third-order valence-electron chi connectivity index (χ3n) is 9.12. The second kappa shape index (κ2) is 11.4. The molecule has 4 aromatic rings. The lowest BCUT2D eigenvalue weighted by molar-refractivity contribution is -0.125. The predicted molar refractivity (Wildman–Crippen MR) is 166 cm³/mol. The van der Waals surface area contributed by atoms with Gasteiger partial charge in [0, 0.05) is 23.9 Å². The number of benzene rings is 2. The lowest BCUT2D eigenvalue weighted by Crippen LogP contribution is -2.43. The number of hydrogen-bond acceptors (Lipinski definition) is 8. The van der Waals surface area contributed by atoms with E-state index in [1.165, 1.54) is 29.2 Å². The zero-order valence-electron chi connectivity index (χ0n) is 24.4. The summed E-state index contributed by atoms with van der Waals surface area (Å²) >= 11 is 0.901. The van der Waals surface area contributed by atoms with Gasteiger partial charge < -0.3 is 20.1 Å². The summed E-state index contributed by atoms with van der Waals surface area (Å²) in [6.07, 6.45) is -0.699. The molecular weight excluding hydrogens is 624 g/mol. The summed E-state index contributed by atoms with van der Waals surface area (Å²) in [5.74, 6) is -2.04. The molecule has 9 nitrogen and oxygen atoms in total. The van der Waals surface area contributed by atoms with Crippen LogP contribution in [0.5, 0.6) is 11.9 Å². The highest BCUT2D eigenvalue weighted by atomic mass is 32.1. The third kappa shape index (κ3) is 4.89. The van der Waals surface area contributed by atoms with Gasteiger partial charge in [0.2, 0.25) is 17.5 Å². The number of halogens is 4. The fourth-order valence-corrected chi connectivity index (χ4v) is 7.87. The Kier molecular flexibility index (Phi) is 7.48. The fraction of sp³-hybridized carbons (Fsp3) is 0.375. The predicted octanol–water partition coefficient (Wildman–Crippen LogP) is 5.99. The number of nitrogens with two attached hydrogens (primary N) is 1. The van der Waals surface area contributed by atoms with E-state index in [0.29, 0.717) is 6.54 Å². The van der Waals surface area contributed by atoms with Gasteiger partial charge in [-0.05, 0) is 43.2 Å². The molecule has 3 aliphatic heterocycles. The largest absolute Gasteiger partial charge is 0.469 e. The lowest BCUT2D eigenvalue weighted by atomic mass is 9.95. The van der Waals surface area contributed by atoms with Crippen molar-refractivity contribution in [3.05, 3.63) is 60.0 Å². The van der Waals surface area contributed by atoms with Crippen molar-refractivity contribution in [3.8, 4) is 23.0 Å². The Morgan fingerprint density at radius 1 is 1.20 bits per heavy atom. The molecule has 0 saturated carbocycles. The molecule has 5 heterocycles. The number of aromatic nitrogens is 2. The van der Waals surface area contributed by atoms with Crippen LogP contribution in [-0.4, -0.2) is 82.4 Å². The van der Waals surface area contributed by atoms with Crippen molar-refractivity contribution in [2.45, 2.75) is 43.2 Å². The van der Waals surface area contributed by atoms with Gasteiger partial charge in [-0.3, -0.25) is 9.69 Å². The van der Waals surface area contributed by atoms with Crippen LogP contribution in [0.1, 0.15) is 19.3 Å². The zero-order chi connectivity index (χ0) is 32.3. The highest BCUT2D eigenvalue weighted by Crippen LogP contribution is 2.47. The number of thiophene rings is 1. The molecule has 0 aliphatic carbocycles. The second-order valence-electron chi connectivity index (χ2n) is 11.8. The Labute approximate surface area is 265 Å². The quantitative estimate of drug-likeness (QED) is 0.149. The van der Waals surface area contributed by atoms with Gasteiger partial charge in [-0.2, -0.15) is 9.97 Å². The number of hydrogen-bond donors (Lipinski definition) is 1. The Morgan fingerprint density at radius 3 is 2.78 bits per heavy atom. The van der Waals surface area contributed by atoms with Gasteiger partial charge in [-0.1, -0.05) is 18.7 Å². The van der Waals surface area contributed by atoms with Crippen LogP contribution in [0.25, 0.3) is 37.0 Å². The van der Waals surface area contributed by atoms with Gasteiger partial charge in [-0.25, -0.2) is 22.4 Å². The molecule has 46 heavy (non-hydrogen) atoms. The molecule has 2 aromatic heterocycles. The van der Waals surface area contributed by atoms with Crippen LogP contribution < -0.4 is 15.2 Å². The minimum absolute atomic E-state index is 0.0133. The number of carbonyl (C=O) groups is 1. The number of ether oxygens (including phenoxy) is 2. The lowest BCUT2D eigenvalue weighted by Gasteiger charge is -2.30. The van der Waals surface area contributed by atoms with Gasteiger partial charge in [0.1, 0.15) is 24.1 Å². The van der Waals surface area contributed by atoms with Crippen LogP contribution >= 0.6 is 11.3 Å². The van der Waals surface area contributed by atoms with E-state index in [-0.39, 0.29) is 80.8 Å². The smallest absolute Gasteiger partial charge is 0.320 e. The number of rotatable bonds is 7. The van der Waals surface area contributed by atoms with Crippen LogP contribution in [-0.2, 0) is 4.79 Å². The van der Waals surface area contributed by atoms with Crippen LogP contribution in [0, 0.1) is 18.2 Å². The molecule has 3 fully saturated rings. The average Bonchev–Trinajstić information content (AvgIpc) is 3.77. The first-order valence-electron chi connectivity index (χ1n) is 14.7. The van der Waals surface area contributed by atoms with E-state index in [1.54, 1.807) is 0 Å². The Balaban J connectivity index is 1.33. The topological polar surface area (TPSA) is 98.2 Å². The fourth-order valence-electron chi connectivity index (χ4n) is 6.93. The molecule has 7 rings (SSSR count). The molecule has 2 aromatic carbocycles. The zero-order valence-corrected chi connectivity index (χ0v) is 25.3. The molecular formula is C32H28F4N6O3S. The Hall–Kier alpha value is -4.48. The maximum Gasteiger partial charge on any atom is 0.320 e. The van der Waals surface area contributed by atoms with E-state index in [1.807, 2.05) is 4.90 Å². The molecule has 14 heteroatoms. The average molecular weight is 653 g/mol. The van der Waals surface area contributed by atoms with E-state index < -0.39 is 41.5 Å². The second-order valence-corrected chi connectivity index (χ2v) is 12.9. The highest BCUT2D eigenvalue weighted by molar-refractivity contribution is 7.23. The van der Waals surface area contributed by atoms with E-state index in [2.05, 4.69) is 21.4 Å². The number of likely N-dealkylation sites (tertiary alicyclic amines) is 1. The first-order chi connectivity index (χ1) is 22.1. The Morgan fingerprint density at radius 2 is 2.00 bits per heavy atom. The normalized spacial score (nSPS) is 24.4. The van der Waals surface area contributed by atoms with Gasteiger partial charge in [-0.15, -0.1) is 11.3 Å². The number of alkyl halides is 2. The van der Waals surface area contributed by atoms with Crippen LogP contribution in [0.15, 0.2) is 36.9 Å². The minimum Gasteiger partial charge on any atom is -0.469 e. The maximum atomic E-state index is 16.6. The van der Waals surface area contributed by atoms with Gasteiger partial charge in [0.05, 0.1) is 40.3 Å². The summed E-state index contributed by atoms with van der Waals surface area (Å²) in [5.41, 5.74) is 5.51. The van der Waals surface area contributed by atoms with Crippen molar-refractivity contribution in [2.75, 3.05) is 38.5 Å². The summed E-state index contributed by atoms with van der Waals surface area (Å²) in [5, 5.41) is 0.391. The summed E-state index contributed by atoms with van der Waals surface area (Å²) in [6.45, 7) is 11.8. The number of amides is 1. The van der Waals surface area contributed by atoms with Crippen LogP contribution in [0.3, 0.4) is 0 Å². The summed E-state index contributed by atoms with van der Waals surface area (Å²) < 4.78 is 73.0. The maximum absolute atomic E-state index is 16.6. The molecule has 4 atom stereocenters. The monoisotopic (exact) mass is 652 g/mol. The van der Waals surface area contributed by atoms with Crippen molar-refractivity contribution in [2.24, 2.45) is 0 Å². The molecule has 0 radical (unpaired) electrons. The first kappa shape index (κ1) is 30.2. The minimum atomic E-state index is -1.56. The SMILES string of the molecule is [C-]#[N+]c1c(N)sc2c(F)ccc(-c3ccc4c(O[C@H]5CN(C(=O)C=C)C[C@H]5F)nc(OC[C@@]56CCCN5C[C@H](F)C6)nc4c3F)c12. The first-order valence-corrected chi connectivity index (χ1v) is 15.6. The summed E-state index contributed by atoms with van der Waals surface area (Å²) in [7, 11) is 0. The Bertz CT molecular complexity index is 1950. The number of fused-ring (bicyclic) bond motifs is 3. The van der Waals surface area contributed by atoms with Crippen molar-refractivity contribution in [1.29, 1.82) is 0 Å². The van der Waals surface area contributed by atoms with Crippen LogP contribution in [0.2, 0.25) is 0 Å². The van der Waals surface area contributed by atoms with Crippen molar-refractivity contribution in [1.82, 2.24) is 19.8 Å². The van der Waals surface area contributed by atoms with E-state index in [4.69, 9.17) is 21.8 Å². The third-order valence-corrected chi connectivity index (χ3v) is 10.1. The molecule has 2 N–H and O–H groups in total. The number of carbonyl (C=O) groups excluding carboxylic acids is 1. The van der Waals surface area contributed by atoms with E-state index in [9.17, 15) is 13.6 Å². The van der Waals surface area contributed by atoms with Gasteiger partial charge in [0.25, 0.3) is 0 Å². The molecule has 1 amide bonds. The van der Waals surface area contributed by atoms with Crippen molar-refractivity contribution in [3.63, 3.8) is 0 Å². The van der Waals surface area contributed by atoms with Gasteiger partial charge in [0.15, 0.2) is 18.1 Å². The van der Waals surface area contributed by atoms with Gasteiger partial charge >= 0.3 is 6.01 Å². The number of nitrogens with zero attached hydrogens (tertiary/aromatic N) is 5. The van der Waals surface area contributed by atoms with Crippen molar-refractivity contribution < 1.29 is 31.8 Å².